The highest BCUT2D eigenvalue weighted by Gasteiger charge is 2.11. The van der Waals surface area contributed by atoms with Crippen molar-refractivity contribution in [3.63, 3.8) is 0 Å². The zero-order chi connectivity index (χ0) is 12.4. The summed E-state index contributed by atoms with van der Waals surface area (Å²) >= 11 is 5.72. The third-order valence-electron chi connectivity index (χ3n) is 3.24. The van der Waals surface area contributed by atoms with Crippen molar-refractivity contribution < 1.29 is 4.74 Å². The quantitative estimate of drug-likeness (QED) is 0.774. The highest BCUT2D eigenvalue weighted by Crippen LogP contribution is 2.28. The summed E-state index contributed by atoms with van der Waals surface area (Å²) in [5.74, 6) is 1.95. The Bertz CT molecular complexity index is 551. The van der Waals surface area contributed by atoms with Crippen LogP contribution in [0.4, 0.5) is 0 Å². The van der Waals surface area contributed by atoms with E-state index in [2.05, 4.69) is 17.1 Å². The number of aromatic nitrogens is 1. The fourth-order valence-corrected chi connectivity index (χ4v) is 2.44. The first-order chi connectivity index (χ1) is 8.85. The molecule has 1 aliphatic rings. The smallest absolute Gasteiger partial charge is 0.219 e. The van der Waals surface area contributed by atoms with Gasteiger partial charge in [0.05, 0.1) is 0 Å². The number of fused-ring (bicyclic) bond motifs is 1. The van der Waals surface area contributed by atoms with Crippen molar-refractivity contribution in [2.75, 3.05) is 0 Å². The first-order valence-electron chi connectivity index (χ1n) is 6.16. The summed E-state index contributed by atoms with van der Waals surface area (Å²) < 4.78 is 5.75. The van der Waals surface area contributed by atoms with Crippen LogP contribution in [0, 0.1) is 0 Å². The molecule has 0 bridgehead atoms. The Kier molecular flexibility index (Phi) is 3.20. The number of aryl methyl sites for hydroxylation is 2. The van der Waals surface area contributed by atoms with Crippen LogP contribution in [-0.2, 0) is 18.7 Å². The Morgan fingerprint density at radius 2 is 2.00 bits per heavy atom. The topological polar surface area (TPSA) is 22.1 Å². The molecule has 3 heteroatoms. The van der Waals surface area contributed by atoms with E-state index in [1.165, 1.54) is 24.0 Å². The minimum Gasteiger partial charge on any atom is -0.439 e. The summed E-state index contributed by atoms with van der Waals surface area (Å²) in [7, 11) is 0. The number of nitrogens with zero attached hydrogens (tertiary/aromatic N) is 1. The second kappa shape index (κ2) is 4.99. The average Bonchev–Trinajstić information content (AvgIpc) is 2.87. The standard InChI is InChI=1S/C15H14ClNO/c16-9-11-4-7-15(17-10-11)18-14-6-5-12-2-1-3-13(12)8-14/h4-8,10H,1-3,9H2. The molecule has 2 aromatic rings. The van der Waals surface area contributed by atoms with Crippen LogP contribution >= 0.6 is 11.6 Å². The molecule has 0 saturated carbocycles. The third kappa shape index (κ3) is 2.34. The molecule has 1 aliphatic carbocycles. The van der Waals surface area contributed by atoms with Crippen LogP contribution in [0.3, 0.4) is 0 Å². The lowest BCUT2D eigenvalue weighted by molar-refractivity contribution is 0.462. The molecule has 1 aromatic carbocycles. The summed E-state index contributed by atoms with van der Waals surface area (Å²) in [5, 5.41) is 0. The van der Waals surface area contributed by atoms with Gasteiger partial charge in [-0.25, -0.2) is 4.98 Å². The second-order valence-electron chi connectivity index (χ2n) is 4.52. The van der Waals surface area contributed by atoms with Gasteiger partial charge in [0.2, 0.25) is 5.88 Å². The molecule has 0 radical (unpaired) electrons. The number of benzene rings is 1. The molecule has 0 fully saturated rings. The van der Waals surface area contributed by atoms with Crippen molar-refractivity contribution >= 4 is 11.6 Å². The summed E-state index contributed by atoms with van der Waals surface area (Å²) in [5.41, 5.74) is 3.86. The number of rotatable bonds is 3. The average molecular weight is 260 g/mol. The van der Waals surface area contributed by atoms with E-state index in [0.29, 0.717) is 11.8 Å². The number of alkyl halides is 1. The molecule has 0 spiro atoms. The molecule has 3 rings (SSSR count). The summed E-state index contributed by atoms with van der Waals surface area (Å²) in [6.07, 6.45) is 5.35. The van der Waals surface area contributed by atoms with Gasteiger partial charge in [0, 0.05) is 18.1 Å². The lowest BCUT2D eigenvalue weighted by atomic mass is 10.1. The van der Waals surface area contributed by atoms with Gasteiger partial charge in [-0.3, -0.25) is 0 Å². The minimum absolute atomic E-state index is 0.478. The highest BCUT2D eigenvalue weighted by atomic mass is 35.5. The maximum atomic E-state index is 5.75. The van der Waals surface area contributed by atoms with Crippen LogP contribution in [0.25, 0.3) is 0 Å². The van der Waals surface area contributed by atoms with Crippen molar-refractivity contribution in [2.24, 2.45) is 0 Å². The normalized spacial score (nSPS) is 13.4. The third-order valence-corrected chi connectivity index (χ3v) is 3.55. The van der Waals surface area contributed by atoms with Gasteiger partial charge in [-0.1, -0.05) is 12.1 Å². The Morgan fingerprint density at radius 1 is 1.11 bits per heavy atom. The van der Waals surface area contributed by atoms with Crippen molar-refractivity contribution in [1.29, 1.82) is 0 Å². The van der Waals surface area contributed by atoms with Gasteiger partial charge in [-0.2, -0.15) is 0 Å². The van der Waals surface area contributed by atoms with Crippen LogP contribution in [-0.4, -0.2) is 4.98 Å². The number of hydrogen-bond acceptors (Lipinski definition) is 2. The fraction of sp³-hybridized carbons (Fsp3) is 0.267. The van der Waals surface area contributed by atoms with Crippen molar-refractivity contribution in [1.82, 2.24) is 4.98 Å². The molecule has 2 nitrogen and oxygen atoms in total. The van der Waals surface area contributed by atoms with Crippen molar-refractivity contribution in [3.05, 3.63) is 53.2 Å². The summed E-state index contributed by atoms with van der Waals surface area (Å²) in [6.45, 7) is 0. The lowest BCUT2D eigenvalue weighted by Crippen LogP contribution is -1.90. The van der Waals surface area contributed by atoms with E-state index in [4.69, 9.17) is 16.3 Å². The Morgan fingerprint density at radius 3 is 2.78 bits per heavy atom. The predicted molar refractivity (Wildman–Crippen MR) is 72.3 cm³/mol. The molecule has 92 valence electrons. The van der Waals surface area contributed by atoms with E-state index < -0.39 is 0 Å². The largest absolute Gasteiger partial charge is 0.439 e. The maximum absolute atomic E-state index is 5.75. The van der Waals surface area contributed by atoms with Gasteiger partial charge in [0.1, 0.15) is 5.75 Å². The van der Waals surface area contributed by atoms with Gasteiger partial charge in [-0.15, -0.1) is 11.6 Å². The van der Waals surface area contributed by atoms with Gasteiger partial charge in [0.15, 0.2) is 0 Å². The van der Waals surface area contributed by atoms with Crippen LogP contribution in [0.15, 0.2) is 36.5 Å². The minimum atomic E-state index is 0.478. The van der Waals surface area contributed by atoms with Crippen molar-refractivity contribution in [3.8, 4) is 11.6 Å². The SMILES string of the molecule is ClCc1ccc(Oc2ccc3c(c2)CCC3)nc1. The summed E-state index contributed by atoms with van der Waals surface area (Å²) in [6, 6.07) is 10.1. The molecule has 0 N–H and O–H groups in total. The molecule has 1 heterocycles. The van der Waals surface area contributed by atoms with Gasteiger partial charge < -0.3 is 4.74 Å². The predicted octanol–water partition coefficient (Wildman–Crippen LogP) is 4.10. The zero-order valence-electron chi connectivity index (χ0n) is 10.0. The molecule has 0 saturated heterocycles. The molecule has 0 atom stereocenters. The molecular formula is C15H14ClNO. The number of ether oxygens (including phenoxy) is 1. The maximum Gasteiger partial charge on any atom is 0.219 e. The monoisotopic (exact) mass is 259 g/mol. The number of hydrogen-bond donors (Lipinski definition) is 0. The van der Waals surface area contributed by atoms with Crippen LogP contribution < -0.4 is 4.74 Å². The molecule has 1 aromatic heterocycles. The van der Waals surface area contributed by atoms with Crippen LogP contribution in [0.5, 0.6) is 11.6 Å². The molecule has 0 unspecified atom stereocenters. The Balaban J connectivity index is 1.79. The fourth-order valence-electron chi connectivity index (χ4n) is 2.28. The molecule has 0 amide bonds. The molecular weight excluding hydrogens is 246 g/mol. The van der Waals surface area contributed by atoms with Gasteiger partial charge in [-0.05, 0) is 48.1 Å². The van der Waals surface area contributed by atoms with Crippen molar-refractivity contribution in [2.45, 2.75) is 25.1 Å². The first-order valence-corrected chi connectivity index (χ1v) is 6.69. The number of pyridine rings is 1. The van der Waals surface area contributed by atoms with Gasteiger partial charge in [0.25, 0.3) is 0 Å². The van der Waals surface area contributed by atoms with Crippen LogP contribution in [0.1, 0.15) is 23.1 Å². The second-order valence-corrected chi connectivity index (χ2v) is 4.79. The first kappa shape index (κ1) is 11.5. The summed E-state index contributed by atoms with van der Waals surface area (Å²) in [4.78, 5) is 4.23. The lowest BCUT2D eigenvalue weighted by Gasteiger charge is -2.07. The van der Waals surface area contributed by atoms with E-state index >= 15 is 0 Å². The zero-order valence-corrected chi connectivity index (χ0v) is 10.8. The van der Waals surface area contributed by atoms with Crippen LogP contribution in [0.2, 0.25) is 0 Å². The van der Waals surface area contributed by atoms with Gasteiger partial charge >= 0.3 is 0 Å². The molecule has 18 heavy (non-hydrogen) atoms. The number of halogens is 1. The van der Waals surface area contributed by atoms with E-state index in [1.54, 1.807) is 6.20 Å². The Labute approximate surface area is 112 Å². The van der Waals surface area contributed by atoms with E-state index in [1.807, 2.05) is 18.2 Å². The van der Waals surface area contributed by atoms with E-state index in [0.717, 1.165) is 17.7 Å². The molecule has 0 aliphatic heterocycles. The highest BCUT2D eigenvalue weighted by molar-refractivity contribution is 6.17. The van der Waals surface area contributed by atoms with E-state index in [-0.39, 0.29) is 0 Å². The van der Waals surface area contributed by atoms with E-state index in [9.17, 15) is 0 Å². The Hall–Kier alpha value is -1.54.